The predicted octanol–water partition coefficient (Wildman–Crippen LogP) is 2.80. The Labute approximate surface area is 101 Å². The highest BCUT2D eigenvalue weighted by Gasteiger charge is 2.09. The number of aromatic nitrogens is 1. The van der Waals surface area contributed by atoms with Gasteiger partial charge in [0.05, 0.1) is 7.11 Å². The number of methoxy groups -OCH3 is 1. The van der Waals surface area contributed by atoms with Crippen LogP contribution >= 0.6 is 0 Å². The Balaban J connectivity index is 2.57. The third-order valence-corrected chi connectivity index (χ3v) is 2.94. The van der Waals surface area contributed by atoms with Crippen molar-refractivity contribution < 1.29 is 9.53 Å². The molecule has 0 aliphatic heterocycles. The average molecular weight is 231 g/mol. The first-order valence-corrected chi connectivity index (χ1v) is 5.81. The Bertz CT molecular complexity index is 555. The number of hydrogen-bond acceptors (Lipinski definition) is 2. The molecule has 1 aromatic carbocycles. The minimum Gasteiger partial charge on any atom is -0.497 e. The van der Waals surface area contributed by atoms with E-state index in [4.69, 9.17) is 4.74 Å². The molecule has 0 aliphatic carbocycles. The summed E-state index contributed by atoms with van der Waals surface area (Å²) in [5, 5.41) is 1.13. The Kier molecular flexibility index (Phi) is 3.18. The van der Waals surface area contributed by atoms with Crippen LogP contribution in [-0.2, 0) is 17.8 Å². The first-order valence-electron chi connectivity index (χ1n) is 5.81. The molecule has 3 heteroatoms. The van der Waals surface area contributed by atoms with Crippen molar-refractivity contribution in [2.24, 2.45) is 0 Å². The quantitative estimate of drug-likeness (QED) is 0.810. The molecule has 3 nitrogen and oxygen atoms in total. The normalized spacial score (nSPS) is 10.8. The summed E-state index contributed by atoms with van der Waals surface area (Å²) in [5.41, 5.74) is 2.23. The number of ketones is 1. The van der Waals surface area contributed by atoms with Gasteiger partial charge in [0.1, 0.15) is 11.5 Å². The highest BCUT2D eigenvalue weighted by Crippen LogP contribution is 2.25. The van der Waals surface area contributed by atoms with Crippen LogP contribution in [0.25, 0.3) is 10.9 Å². The van der Waals surface area contributed by atoms with E-state index in [2.05, 4.69) is 17.6 Å². The van der Waals surface area contributed by atoms with Crippen molar-refractivity contribution in [1.29, 1.82) is 0 Å². The van der Waals surface area contributed by atoms with E-state index in [9.17, 15) is 4.79 Å². The maximum Gasteiger partial charge on any atom is 0.135 e. The number of fused-ring (bicyclic) bond motifs is 1. The van der Waals surface area contributed by atoms with Crippen molar-refractivity contribution in [2.75, 3.05) is 7.11 Å². The fraction of sp³-hybridized carbons (Fsp3) is 0.357. The van der Waals surface area contributed by atoms with Gasteiger partial charge >= 0.3 is 0 Å². The molecule has 0 fully saturated rings. The summed E-state index contributed by atoms with van der Waals surface area (Å²) in [6, 6.07) is 8.07. The molecule has 2 rings (SSSR count). The molecule has 0 N–H and O–H groups in total. The van der Waals surface area contributed by atoms with Gasteiger partial charge in [0.2, 0.25) is 0 Å². The van der Waals surface area contributed by atoms with Crippen LogP contribution in [0, 0.1) is 0 Å². The van der Waals surface area contributed by atoms with Crippen molar-refractivity contribution in [1.82, 2.24) is 4.57 Å². The van der Waals surface area contributed by atoms with Gasteiger partial charge in [0, 0.05) is 29.6 Å². The lowest BCUT2D eigenvalue weighted by Crippen LogP contribution is -2.04. The number of rotatable bonds is 4. The topological polar surface area (TPSA) is 31.2 Å². The molecule has 0 unspecified atom stereocenters. The lowest BCUT2D eigenvalue weighted by Gasteiger charge is -2.06. The van der Waals surface area contributed by atoms with Gasteiger partial charge in [-0.2, -0.15) is 0 Å². The lowest BCUT2D eigenvalue weighted by atomic mass is 10.2. The van der Waals surface area contributed by atoms with Crippen molar-refractivity contribution >= 4 is 16.7 Å². The van der Waals surface area contributed by atoms with E-state index < -0.39 is 0 Å². The molecule has 0 saturated carbocycles. The van der Waals surface area contributed by atoms with E-state index in [0.717, 1.165) is 28.9 Å². The van der Waals surface area contributed by atoms with Gasteiger partial charge in [-0.25, -0.2) is 0 Å². The number of Topliss-reactive ketones (excluding diaryl/α,β-unsaturated/α-hetero) is 1. The second-order valence-corrected chi connectivity index (χ2v) is 4.18. The van der Waals surface area contributed by atoms with Gasteiger partial charge in [-0.15, -0.1) is 0 Å². The van der Waals surface area contributed by atoms with Crippen molar-refractivity contribution in [2.45, 2.75) is 26.8 Å². The fourth-order valence-electron chi connectivity index (χ4n) is 2.21. The molecule has 0 bridgehead atoms. The smallest absolute Gasteiger partial charge is 0.135 e. The van der Waals surface area contributed by atoms with E-state index in [0.29, 0.717) is 6.42 Å². The molecule has 0 amide bonds. The molecule has 2 aromatic rings. The maximum absolute atomic E-state index is 11.2. The van der Waals surface area contributed by atoms with Crippen LogP contribution in [0.5, 0.6) is 5.75 Å². The van der Waals surface area contributed by atoms with E-state index in [-0.39, 0.29) is 5.78 Å². The van der Waals surface area contributed by atoms with E-state index in [1.807, 2.05) is 18.2 Å². The number of hydrogen-bond donors (Lipinski definition) is 0. The number of carbonyl (C=O) groups excluding carboxylic acids is 1. The highest BCUT2D eigenvalue weighted by atomic mass is 16.5. The second kappa shape index (κ2) is 4.62. The van der Waals surface area contributed by atoms with E-state index in [1.165, 1.54) is 0 Å². The predicted molar refractivity (Wildman–Crippen MR) is 68.5 cm³/mol. The molecule has 1 aromatic heterocycles. The number of benzene rings is 1. The highest BCUT2D eigenvalue weighted by molar-refractivity contribution is 5.85. The van der Waals surface area contributed by atoms with E-state index >= 15 is 0 Å². The minimum atomic E-state index is 0.189. The molecule has 0 atom stereocenters. The van der Waals surface area contributed by atoms with Crippen LogP contribution in [0.3, 0.4) is 0 Å². The molecule has 1 heterocycles. The third-order valence-electron chi connectivity index (χ3n) is 2.94. The first kappa shape index (κ1) is 11.7. The third kappa shape index (κ3) is 2.18. The van der Waals surface area contributed by atoms with Crippen LogP contribution in [0.1, 0.15) is 19.5 Å². The lowest BCUT2D eigenvalue weighted by molar-refractivity contribution is -0.116. The Morgan fingerprint density at radius 3 is 2.71 bits per heavy atom. The summed E-state index contributed by atoms with van der Waals surface area (Å²) in [5.74, 6) is 1.04. The van der Waals surface area contributed by atoms with Crippen LogP contribution in [0.4, 0.5) is 0 Å². The fourth-order valence-corrected chi connectivity index (χ4v) is 2.21. The summed E-state index contributed by atoms with van der Waals surface area (Å²) in [7, 11) is 1.66. The van der Waals surface area contributed by atoms with Gasteiger partial charge < -0.3 is 9.30 Å². The summed E-state index contributed by atoms with van der Waals surface area (Å²) in [6.07, 6.45) is 0.491. The number of carbonyl (C=O) groups is 1. The second-order valence-electron chi connectivity index (χ2n) is 4.18. The Morgan fingerprint density at radius 1 is 1.35 bits per heavy atom. The van der Waals surface area contributed by atoms with Crippen molar-refractivity contribution in [3.8, 4) is 5.75 Å². The van der Waals surface area contributed by atoms with Crippen LogP contribution < -0.4 is 4.74 Å². The van der Waals surface area contributed by atoms with Crippen LogP contribution in [0.15, 0.2) is 24.3 Å². The molecule has 0 radical (unpaired) electrons. The summed E-state index contributed by atoms with van der Waals surface area (Å²) in [6.45, 7) is 4.59. The Morgan fingerprint density at radius 2 is 2.12 bits per heavy atom. The van der Waals surface area contributed by atoms with Crippen LogP contribution in [0.2, 0.25) is 0 Å². The molecular formula is C14H17NO2. The standard InChI is InChI=1S/C14H17NO2/c1-4-15-12(7-10(2)16)8-11-9-13(17-3)5-6-14(11)15/h5-6,8-9H,4,7H2,1-3H3. The maximum atomic E-state index is 11.2. The number of ether oxygens (including phenoxy) is 1. The zero-order valence-corrected chi connectivity index (χ0v) is 10.5. The molecular weight excluding hydrogens is 214 g/mol. The average Bonchev–Trinajstić information content (AvgIpc) is 2.63. The molecule has 90 valence electrons. The van der Waals surface area contributed by atoms with Gasteiger partial charge in [-0.1, -0.05) is 0 Å². The van der Waals surface area contributed by atoms with Gasteiger partial charge in [-0.05, 0) is 38.1 Å². The number of nitrogens with zero attached hydrogens (tertiary/aromatic N) is 1. The van der Waals surface area contributed by atoms with Crippen molar-refractivity contribution in [3.05, 3.63) is 30.0 Å². The molecule has 0 spiro atoms. The molecule has 17 heavy (non-hydrogen) atoms. The van der Waals surface area contributed by atoms with Gasteiger partial charge in [0.15, 0.2) is 0 Å². The monoisotopic (exact) mass is 231 g/mol. The SMILES string of the molecule is CCn1c(CC(C)=O)cc2cc(OC)ccc21. The minimum absolute atomic E-state index is 0.189. The largest absolute Gasteiger partial charge is 0.497 e. The van der Waals surface area contributed by atoms with Gasteiger partial charge in [-0.3, -0.25) is 4.79 Å². The van der Waals surface area contributed by atoms with Crippen LogP contribution in [-0.4, -0.2) is 17.5 Å². The summed E-state index contributed by atoms with van der Waals surface area (Å²) in [4.78, 5) is 11.2. The zero-order valence-electron chi connectivity index (χ0n) is 10.5. The van der Waals surface area contributed by atoms with Crippen molar-refractivity contribution in [3.63, 3.8) is 0 Å². The number of aryl methyl sites for hydroxylation is 1. The van der Waals surface area contributed by atoms with Gasteiger partial charge in [0.25, 0.3) is 0 Å². The molecule has 0 aliphatic rings. The summed E-state index contributed by atoms with van der Waals surface area (Å²) < 4.78 is 7.39. The summed E-state index contributed by atoms with van der Waals surface area (Å²) >= 11 is 0. The Hall–Kier alpha value is -1.77. The first-order chi connectivity index (χ1) is 8.15. The zero-order chi connectivity index (χ0) is 12.4. The van der Waals surface area contributed by atoms with E-state index in [1.54, 1.807) is 14.0 Å². The molecule has 0 saturated heterocycles.